The first kappa shape index (κ1) is 17.4. The fraction of sp³-hybridized carbons (Fsp3) is 0.923. The van der Waals surface area contributed by atoms with E-state index >= 15 is 0 Å². The van der Waals surface area contributed by atoms with Gasteiger partial charge in [0.25, 0.3) is 10.2 Å². The summed E-state index contributed by atoms with van der Waals surface area (Å²) in [6, 6.07) is 0. The van der Waals surface area contributed by atoms with Gasteiger partial charge in [0.1, 0.15) is 0 Å². The van der Waals surface area contributed by atoms with Crippen molar-refractivity contribution in [1.82, 2.24) is 9.03 Å². The van der Waals surface area contributed by atoms with Crippen LogP contribution < -0.4 is 4.72 Å². The zero-order chi connectivity index (χ0) is 15.6. The molecule has 0 atom stereocenters. The van der Waals surface area contributed by atoms with E-state index in [1.807, 2.05) is 0 Å². The van der Waals surface area contributed by atoms with E-state index in [1.165, 1.54) is 11.4 Å². The number of hydrogen-bond donors (Lipinski definition) is 2. The number of hydrogen-bond acceptors (Lipinski definition) is 3. The normalized spacial score (nSPS) is 20.1. The van der Waals surface area contributed by atoms with E-state index in [2.05, 4.69) is 4.72 Å². The highest BCUT2D eigenvalue weighted by atomic mass is 32.2. The lowest BCUT2D eigenvalue weighted by atomic mass is 9.79. The van der Waals surface area contributed by atoms with Crippen LogP contribution >= 0.6 is 0 Å². The van der Waals surface area contributed by atoms with E-state index in [0.717, 1.165) is 19.3 Å². The Bertz CT molecular complexity index is 447. The highest BCUT2D eigenvalue weighted by Crippen LogP contribution is 2.37. The average Bonchev–Trinajstić information content (AvgIpc) is 2.25. The molecule has 1 aliphatic carbocycles. The maximum atomic E-state index is 12.5. The van der Waals surface area contributed by atoms with E-state index < -0.39 is 27.3 Å². The molecule has 0 aliphatic heterocycles. The van der Waals surface area contributed by atoms with E-state index in [9.17, 15) is 13.2 Å². The zero-order valence-electron chi connectivity index (χ0n) is 12.8. The lowest BCUT2D eigenvalue weighted by Crippen LogP contribution is -2.57. The molecule has 7 heteroatoms. The summed E-state index contributed by atoms with van der Waals surface area (Å²) in [5.41, 5.74) is -1.40. The van der Waals surface area contributed by atoms with Gasteiger partial charge in [-0.1, -0.05) is 19.3 Å². The number of rotatable bonds is 5. The molecule has 0 aromatic rings. The third kappa shape index (κ3) is 4.43. The molecule has 2 N–H and O–H groups in total. The van der Waals surface area contributed by atoms with E-state index in [0.29, 0.717) is 12.8 Å². The Hall–Kier alpha value is -0.660. The number of carbonyl (C=O) groups is 1. The van der Waals surface area contributed by atoms with Crippen LogP contribution in [-0.4, -0.2) is 41.9 Å². The summed E-state index contributed by atoms with van der Waals surface area (Å²) in [6.45, 7) is 5.30. The highest BCUT2D eigenvalue weighted by molar-refractivity contribution is 7.87. The first-order valence-corrected chi connectivity index (χ1v) is 8.42. The van der Waals surface area contributed by atoms with Gasteiger partial charge in [-0.2, -0.15) is 17.4 Å². The maximum Gasteiger partial charge on any atom is 0.305 e. The van der Waals surface area contributed by atoms with Gasteiger partial charge in [-0.25, -0.2) is 0 Å². The molecule has 0 aromatic carbocycles. The number of carboxylic acids is 1. The molecule has 1 fully saturated rings. The second-order valence-electron chi connectivity index (χ2n) is 6.68. The molecule has 118 valence electrons. The summed E-state index contributed by atoms with van der Waals surface area (Å²) < 4.78 is 28.8. The summed E-state index contributed by atoms with van der Waals surface area (Å²) in [5, 5.41) is 9.14. The van der Waals surface area contributed by atoms with Crippen molar-refractivity contribution in [3.8, 4) is 0 Å². The second kappa shape index (κ2) is 5.99. The van der Waals surface area contributed by atoms with Crippen molar-refractivity contribution in [3.63, 3.8) is 0 Å². The third-order valence-electron chi connectivity index (χ3n) is 3.73. The molecule has 0 spiro atoms. The lowest BCUT2D eigenvalue weighted by Gasteiger charge is -2.43. The molecular weight excluding hydrogens is 280 g/mol. The largest absolute Gasteiger partial charge is 0.481 e. The van der Waals surface area contributed by atoms with Gasteiger partial charge in [0, 0.05) is 18.1 Å². The van der Waals surface area contributed by atoms with Gasteiger partial charge < -0.3 is 5.11 Å². The van der Waals surface area contributed by atoms with Gasteiger partial charge in [0.2, 0.25) is 0 Å². The van der Waals surface area contributed by atoms with Crippen molar-refractivity contribution < 1.29 is 18.3 Å². The zero-order valence-corrected chi connectivity index (χ0v) is 13.6. The molecule has 0 radical (unpaired) electrons. The Kier molecular flexibility index (Phi) is 5.21. The Morgan fingerprint density at radius 1 is 1.25 bits per heavy atom. The lowest BCUT2D eigenvalue weighted by molar-refractivity contribution is -0.140. The van der Waals surface area contributed by atoms with Crippen LogP contribution in [0.1, 0.15) is 59.3 Å². The minimum absolute atomic E-state index is 0.144. The topological polar surface area (TPSA) is 86.7 Å². The van der Waals surface area contributed by atoms with Crippen LogP contribution in [0.4, 0.5) is 0 Å². The molecule has 0 heterocycles. The van der Waals surface area contributed by atoms with Gasteiger partial charge >= 0.3 is 5.97 Å². The minimum Gasteiger partial charge on any atom is -0.481 e. The fourth-order valence-electron chi connectivity index (χ4n) is 2.80. The molecule has 1 rings (SSSR count). The summed E-state index contributed by atoms with van der Waals surface area (Å²) >= 11 is 0. The molecule has 1 aliphatic rings. The minimum atomic E-state index is -3.70. The SMILES string of the molecule is CN(C1(CC(=O)O)CCCCC1)S(=O)(=O)NC(C)(C)C. The molecule has 0 bridgehead atoms. The summed E-state index contributed by atoms with van der Waals surface area (Å²) in [5.74, 6) is -0.954. The van der Waals surface area contributed by atoms with E-state index in [-0.39, 0.29) is 6.42 Å². The first-order chi connectivity index (χ1) is 8.99. The van der Waals surface area contributed by atoms with Crippen LogP contribution in [0.15, 0.2) is 0 Å². The van der Waals surface area contributed by atoms with Crippen LogP contribution in [0.2, 0.25) is 0 Å². The number of nitrogens with zero attached hydrogens (tertiary/aromatic N) is 1. The average molecular weight is 306 g/mol. The highest BCUT2D eigenvalue weighted by Gasteiger charge is 2.44. The van der Waals surface area contributed by atoms with Crippen molar-refractivity contribution in [2.24, 2.45) is 0 Å². The summed E-state index contributed by atoms with van der Waals surface area (Å²) in [6.07, 6.45) is 3.81. The Morgan fingerprint density at radius 3 is 2.15 bits per heavy atom. The Balaban J connectivity index is 3.04. The molecule has 1 saturated carbocycles. The number of carboxylic acid groups (broad SMARTS) is 1. The van der Waals surface area contributed by atoms with Gasteiger partial charge in [0.15, 0.2) is 0 Å². The first-order valence-electron chi connectivity index (χ1n) is 6.98. The summed E-state index contributed by atoms with van der Waals surface area (Å²) in [7, 11) is -2.21. The van der Waals surface area contributed by atoms with Crippen molar-refractivity contribution >= 4 is 16.2 Å². The fourth-order valence-corrected chi connectivity index (χ4v) is 4.47. The van der Waals surface area contributed by atoms with Crippen LogP contribution in [0.25, 0.3) is 0 Å². The molecule has 20 heavy (non-hydrogen) atoms. The predicted octanol–water partition coefficient (Wildman–Crippen LogP) is 1.73. The van der Waals surface area contributed by atoms with Gasteiger partial charge in [-0.3, -0.25) is 4.79 Å². The number of aliphatic carboxylic acids is 1. The monoisotopic (exact) mass is 306 g/mol. The summed E-state index contributed by atoms with van der Waals surface area (Å²) in [4.78, 5) is 11.1. The third-order valence-corrected chi connectivity index (χ3v) is 5.71. The van der Waals surface area contributed by atoms with Crippen molar-refractivity contribution in [1.29, 1.82) is 0 Å². The molecule has 6 nitrogen and oxygen atoms in total. The van der Waals surface area contributed by atoms with Gasteiger partial charge in [-0.15, -0.1) is 0 Å². The molecule has 0 saturated heterocycles. The second-order valence-corrected chi connectivity index (χ2v) is 8.38. The van der Waals surface area contributed by atoms with Gasteiger partial charge in [-0.05, 0) is 33.6 Å². The van der Waals surface area contributed by atoms with E-state index in [4.69, 9.17) is 5.11 Å². The van der Waals surface area contributed by atoms with Crippen LogP contribution in [0.3, 0.4) is 0 Å². The Morgan fingerprint density at radius 2 is 1.75 bits per heavy atom. The Labute approximate surface area is 121 Å². The molecule has 0 aromatic heterocycles. The van der Waals surface area contributed by atoms with E-state index in [1.54, 1.807) is 20.8 Å². The van der Waals surface area contributed by atoms with Crippen LogP contribution in [0, 0.1) is 0 Å². The van der Waals surface area contributed by atoms with Crippen molar-refractivity contribution in [3.05, 3.63) is 0 Å². The molecular formula is C13H26N2O4S. The quantitative estimate of drug-likeness (QED) is 0.810. The van der Waals surface area contributed by atoms with Crippen molar-refractivity contribution in [2.45, 2.75) is 70.4 Å². The molecule has 0 amide bonds. The standard InChI is InChI=1S/C13H26N2O4S/c1-12(2,3)14-20(18,19)15(4)13(10-11(16)17)8-6-5-7-9-13/h14H,5-10H2,1-4H3,(H,16,17). The maximum absolute atomic E-state index is 12.5. The van der Waals surface area contributed by atoms with Crippen LogP contribution in [-0.2, 0) is 15.0 Å². The predicted molar refractivity (Wildman–Crippen MR) is 77.6 cm³/mol. The number of nitrogens with one attached hydrogen (secondary N) is 1. The van der Waals surface area contributed by atoms with Gasteiger partial charge in [0.05, 0.1) is 6.42 Å². The van der Waals surface area contributed by atoms with Crippen LogP contribution in [0.5, 0.6) is 0 Å². The van der Waals surface area contributed by atoms with Crippen molar-refractivity contribution in [2.75, 3.05) is 7.05 Å². The smallest absolute Gasteiger partial charge is 0.305 e. The molecule has 0 unspecified atom stereocenters.